The molecular formula is C10H13NO2. The van der Waals surface area contributed by atoms with Gasteiger partial charge in [0, 0.05) is 0 Å². The molecule has 0 aliphatic heterocycles. The average molecular weight is 179 g/mol. The maximum atomic E-state index is 9.39. The highest BCUT2D eigenvalue weighted by molar-refractivity contribution is 5.66. The predicted octanol–water partition coefficient (Wildman–Crippen LogP) is 1.56. The van der Waals surface area contributed by atoms with E-state index >= 15 is 0 Å². The summed E-state index contributed by atoms with van der Waals surface area (Å²) in [4.78, 5) is 0. The molecule has 0 aromatic heterocycles. The number of hydrogen-bond donors (Lipinski definition) is 3. The SMILES string of the molecule is Nc1c(O)c(O)cc2c1CCCC2. The van der Waals surface area contributed by atoms with Crippen molar-refractivity contribution in [3.8, 4) is 11.5 Å². The Bertz CT molecular complexity index is 347. The molecule has 13 heavy (non-hydrogen) atoms. The van der Waals surface area contributed by atoms with Crippen LogP contribution in [0.1, 0.15) is 24.0 Å². The van der Waals surface area contributed by atoms with Gasteiger partial charge in [0.25, 0.3) is 0 Å². The van der Waals surface area contributed by atoms with E-state index in [-0.39, 0.29) is 11.5 Å². The molecule has 0 saturated heterocycles. The molecule has 1 aromatic rings. The molecule has 3 nitrogen and oxygen atoms in total. The summed E-state index contributed by atoms with van der Waals surface area (Å²) in [5, 5.41) is 18.7. The fourth-order valence-corrected chi connectivity index (χ4v) is 1.91. The first-order valence-corrected chi connectivity index (χ1v) is 4.52. The standard InChI is InChI=1S/C10H13NO2/c11-9-7-4-2-1-3-6(7)5-8(12)10(9)13/h5,12-13H,1-4,11H2. The van der Waals surface area contributed by atoms with Gasteiger partial charge < -0.3 is 15.9 Å². The Balaban J connectivity index is 2.60. The average Bonchev–Trinajstić information content (AvgIpc) is 2.15. The van der Waals surface area contributed by atoms with Gasteiger partial charge in [-0.1, -0.05) is 0 Å². The molecule has 1 aliphatic carbocycles. The highest BCUT2D eigenvalue weighted by atomic mass is 16.3. The van der Waals surface area contributed by atoms with Gasteiger partial charge in [-0.2, -0.15) is 0 Å². The van der Waals surface area contributed by atoms with Crippen LogP contribution in [0.3, 0.4) is 0 Å². The fraction of sp³-hybridized carbons (Fsp3) is 0.400. The first-order valence-electron chi connectivity index (χ1n) is 4.52. The second-order valence-corrected chi connectivity index (χ2v) is 3.50. The summed E-state index contributed by atoms with van der Waals surface area (Å²) >= 11 is 0. The zero-order valence-corrected chi connectivity index (χ0v) is 7.38. The Morgan fingerprint density at radius 3 is 2.62 bits per heavy atom. The molecule has 0 amide bonds. The number of anilines is 1. The van der Waals surface area contributed by atoms with E-state index in [1.54, 1.807) is 6.07 Å². The van der Waals surface area contributed by atoms with Crippen LogP contribution in [0.4, 0.5) is 5.69 Å². The van der Waals surface area contributed by atoms with Crippen LogP contribution in [-0.2, 0) is 12.8 Å². The van der Waals surface area contributed by atoms with E-state index in [0.29, 0.717) is 5.69 Å². The van der Waals surface area contributed by atoms with Gasteiger partial charge in [-0.05, 0) is 42.9 Å². The molecule has 4 N–H and O–H groups in total. The Morgan fingerprint density at radius 1 is 1.15 bits per heavy atom. The maximum absolute atomic E-state index is 9.39. The molecule has 0 radical (unpaired) electrons. The van der Waals surface area contributed by atoms with E-state index in [1.165, 1.54) is 0 Å². The van der Waals surface area contributed by atoms with Gasteiger partial charge >= 0.3 is 0 Å². The summed E-state index contributed by atoms with van der Waals surface area (Å²) < 4.78 is 0. The van der Waals surface area contributed by atoms with Gasteiger partial charge in [-0.25, -0.2) is 0 Å². The number of benzene rings is 1. The van der Waals surface area contributed by atoms with Crippen LogP contribution < -0.4 is 5.73 Å². The summed E-state index contributed by atoms with van der Waals surface area (Å²) in [7, 11) is 0. The third kappa shape index (κ3) is 1.20. The van der Waals surface area contributed by atoms with Crippen molar-refractivity contribution in [3.63, 3.8) is 0 Å². The smallest absolute Gasteiger partial charge is 0.181 e. The van der Waals surface area contributed by atoms with Gasteiger partial charge in [-0.15, -0.1) is 0 Å². The number of phenols is 2. The monoisotopic (exact) mass is 179 g/mol. The second kappa shape index (κ2) is 2.83. The molecule has 0 atom stereocenters. The minimum atomic E-state index is -0.166. The van der Waals surface area contributed by atoms with E-state index in [1.807, 2.05) is 0 Å². The van der Waals surface area contributed by atoms with Crippen LogP contribution in [0.15, 0.2) is 6.07 Å². The van der Waals surface area contributed by atoms with Crippen LogP contribution in [0.5, 0.6) is 11.5 Å². The van der Waals surface area contributed by atoms with Crippen molar-refractivity contribution in [1.29, 1.82) is 0 Å². The van der Waals surface area contributed by atoms with Crippen LogP contribution in [0.25, 0.3) is 0 Å². The van der Waals surface area contributed by atoms with Crippen LogP contribution in [0, 0.1) is 0 Å². The molecule has 1 aromatic carbocycles. The van der Waals surface area contributed by atoms with Gasteiger partial charge in [0.2, 0.25) is 0 Å². The van der Waals surface area contributed by atoms with Crippen LogP contribution in [-0.4, -0.2) is 10.2 Å². The maximum Gasteiger partial charge on any atom is 0.181 e. The number of hydrogen-bond acceptors (Lipinski definition) is 3. The van der Waals surface area contributed by atoms with Crippen LogP contribution in [0.2, 0.25) is 0 Å². The molecule has 2 rings (SSSR count). The van der Waals surface area contributed by atoms with Crippen molar-refractivity contribution in [3.05, 3.63) is 17.2 Å². The van der Waals surface area contributed by atoms with Crippen molar-refractivity contribution in [2.75, 3.05) is 5.73 Å². The summed E-state index contributed by atoms with van der Waals surface area (Å²) in [6, 6.07) is 1.63. The number of rotatable bonds is 0. The minimum absolute atomic E-state index is 0.0989. The molecule has 0 saturated carbocycles. The van der Waals surface area contributed by atoms with E-state index in [2.05, 4.69) is 0 Å². The Labute approximate surface area is 76.8 Å². The van der Waals surface area contributed by atoms with Gasteiger partial charge in [-0.3, -0.25) is 0 Å². The number of nitrogen functional groups attached to an aromatic ring is 1. The number of phenolic OH excluding ortho intramolecular Hbond substituents is 2. The highest BCUT2D eigenvalue weighted by Crippen LogP contribution is 2.39. The van der Waals surface area contributed by atoms with E-state index in [0.717, 1.165) is 36.8 Å². The molecule has 1 aliphatic rings. The van der Waals surface area contributed by atoms with Crippen molar-refractivity contribution >= 4 is 5.69 Å². The van der Waals surface area contributed by atoms with Gasteiger partial charge in [0.1, 0.15) is 0 Å². The molecule has 0 bridgehead atoms. The number of fused-ring (bicyclic) bond motifs is 1. The fourth-order valence-electron chi connectivity index (χ4n) is 1.91. The summed E-state index contributed by atoms with van der Waals surface area (Å²) in [6.07, 6.45) is 4.11. The Hall–Kier alpha value is -1.38. The van der Waals surface area contributed by atoms with Crippen molar-refractivity contribution in [1.82, 2.24) is 0 Å². The molecule has 0 unspecified atom stereocenters. The lowest BCUT2D eigenvalue weighted by Crippen LogP contribution is -2.06. The highest BCUT2D eigenvalue weighted by Gasteiger charge is 2.17. The topological polar surface area (TPSA) is 66.5 Å². The molecular weight excluding hydrogens is 166 g/mol. The zero-order valence-electron chi connectivity index (χ0n) is 7.38. The minimum Gasteiger partial charge on any atom is -0.504 e. The van der Waals surface area contributed by atoms with E-state index in [4.69, 9.17) is 5.73 Å². The van der Waals surface area contributed by atoms with E-state index < -0.39 is 0 Å². The molecule has 0 heterocycles. The molecule has 70 valence electrons. The lowest BCUT2D eigenvalue weighted by Gasteiger charge is -2.18. The Morgan fingerprint density at radius 2 is 1.85 bits per heavy atom. The third-order valence-corrected chi connectivity index (χ3v) is 2.64. The molecule has 3 heteroatoms. The predicted molar refractivity (Wildman–Crippen MR) is 50.8 cm³/mol. The number of aryl methyl sites for hydroxylation is 1. The normalized spacial score (nSPS) is 15.4. The summed E-state index contributed by atoms with van der Waals surface area (Å²) in [5.41, 5.74) is 8.15. The summed E-state index contributed by atoms with van der Waals surface area (Å²) in [6.45, 7) is 0. The largest absolute Gasteiger partial charge is 0.504 e. The first kappa shape index (κ1) is 8.23. The van der Waals surface area contributed by atoms with Gasteiger partial charge in [0.15, 0.2) is 11.5 Å². The van der Waals surface area contributed by atoms with Gasteiger partial charge in [0.05, 0.1) is 5.69 Å². The lowest BCUT2D eigenvalue weighted by molar-refractivity contribution is 0.403. The summed E-state index contributed by atoms with van der Waals surface area (Å²) in [5.74, 6) is -0.265. The second-order valence-electron chi connectivity index (χ2n) is 3.50. The quantitative estimate of drug-likeness (QED) is 0.418. The van der Waals surface area contributed by atoms with Crippen molar-refractivity contribution in [2.45, 2.75) is 25.7 Å². The van der Waals surface area contributed by atoms with Crippen LogP contribution >= 0.6 is 0 Å². The van der Waals surface area contributed by atoms with E-state index in [9.17, 15) is 10.2 Å². The zero-order chi connectivity index (χ0) is 9.42. The molecule has 0 spiro atoms. The first-order chi connectivity index (χ1) is 6.20. The number of nitrogens with two attached hydrogens (primary N) is 1. The van der Waals surface area contributed by atoms with Crippen molar-refractivity contribution in [2.24, 2.45) is 0 Å². The third-order valence-electron chi connectivity index (χ3n) is 2.64. The number of aromatic hydroxyl groups is 2. The Kier molecular flexibility index (Phi) is 1.79. The lowest BCUT2D eigenvalue weighted by atomic mass is 9.90. The van der Waals surface area contributed by atoms with Crippen molar-refractivity contribution < 1.29 is 10.2 Å². The molecule has 0 fully saturated rings.